The molecule has 1 aliphatic rings. The Kier molecular flexibility index (Phi) is 4.75. The number of anilines is 2. The monoisotopic (exact) mass is 376 g/mol. The fourth-order valence-corrected chi connectivity index (χ4v) is 5.52. The van der Waals surface area contributed by atoms with Crippen molar-refractivity contribution in [1.82, 2.24) is 0 Å². The number of amides is 1. The molecule has 1 heterocycles. The van der Waals surface area contributed by atoms with Crippen molar-refractivity contribution < 1.29 is 17.6 Å². The van der Waals surface area contributed by atoms with E-state index in [0.29, 0.717) is 35.2 Å². The number of fused-ring (bicyclic) bond motifs is 1. The third-order valence-corrected chi connectivity index (χ3v) is 6.56. The average Bonchev–Trinajstić information content (AvgIpc) is 2.53. The van der Waals surface area contributed by atoms with Crippen LogP contribution in [0.15, 0.2) is 35.2 Å². The molecule has 2 aromatic carbocycles. The largest absolute Gasteiger partial charge is 0.326 e. The van der Waals surface area contributed by atoms with Crippen LogP contribution in [0.4, 0.5) is 15.8 Å². The fourth-order valence-electron chi connectivity index (χ4n) is 3.55. The minimum atomic E-state index is -3.92. The first-order chi connectivity index (χ1) is 12.2. The molecule has 1 N–H and O–H groups in total. The molecule has 0 aliphatic carbocycles. The molecule has 0 saturated heterocycles. The molecule has 5 nitrogen and oxygen atoms in total. The number of aryl methyl sites for hydroxylation is 3. The van der Waals surface area contributed by atoms with Crippen molar-refractivity contribution in [2.45, 2.75) is 38.5 Å². The van der Waals surface area contributed by atoms with Crippen LogP contribution < -0.4 is 9.62 Å². The normalized spacial score (nSPS) is 14.1. The highest BCUT2D eigenvalue weighted by atomic mass is 32.2. The Morgan fingerprint density at radius 1 is 1.19 bits per heavy atom. The van der Waals surface area contributed by atoms with E-state index in [9.17, 15) is 17.6 Å². The van der Waals surface area contributed by atoms with Crippen LogP contribution in [-0.2, 0) is 21.2 Å². The highest BCUT2D eigenvalue weighted by molar-refractivity contribution is 7.93. The van der Waals surface area contributed by atoms with Crippen LogP contribution in [0, 0.1) is 19.7 Å². The van der Waals surface area contributed by atoms with Gasteiger partial charge in [-0.25, -0.2) is 12.8 Å². The smallest absolute Gasteiger partial charge is 0.264 e. The number of nitrogens with zero attached hydrogens (tertiary/aromatic N) is 1. The highest BCUT2D eigenvalue weighted by Crippen LogP contribution is 2.36. The number of hydrogen-bond donors (Lipinski definition) is 1. The van der Waals surface area contributed by atoms with Gasteiger partial charge in [-0.05, 0) is 61.6 Å². The van der Waals surface area contributed by atoms with Crippen molar-refractivity contribution in [3.05, 3.63) is 52.8 Å². The zero-order chi connectivity index (χ0) is 19.1. The lowest BCUT2D eigenvalue weighted by Crippen LogP contribution is -2.37. The van der Waals surface area contributed by atoms with Gasteiger partial charge in [0.2, 0.25) is 5.91 Å². The molecule has 1 aliphatic heterocycles. The van der Waals surface area contributed by atoms with Crippen molar-refractivity contribution >= 4 is 27.3 Å². The first-order valence-electron chi connectivity index (χ1n) is 8.41. The first-order valence-corrected chi connectivity index (χ1v) is 9.85. The molecule has 0 fully saturated rings. The van der Waals surface area contributed by atoms with Gasteiger partial charge in [-0.2, -0.15) is 0 Å². The van der Waals surface area contributed by atoms with E-state index in [1.54, 1.807) is 38.1 Å². The second kappa shape index (κ2) is 6.72. The van der Waals surface area contributed by atoms with Crippen LogP contribution in [0.25, 0.3) is 0 Å². The minimum Gasteiger partial charge on any atom is -0.326 e. The van der Waals surface area contributed by atoms with Gasteiger partial charge in [0.1, 0.15) is 5.82 Å². The van der Waals surface area contributed by atoms with Crippen molar-refractivity contribution in [2.75, 3.05) is 16.2 Å². The molecular formula is C19H21FN2O3S. The van der Waals surface area contributed by atoms with E-state index in [0.717, 1.165) is 0 Å². The molecule has 3 rings (SSSR count). The molecule has 0 unspecified atom stereocenters. The summed E-state index contributed by atoms with van der Waals surface area (Å²) in [6.07, 6.45) is 1.29. The lowest BCUT2D eigenvalue weighted by Gasteiger charge is -2.31. The van der Waals surface area contributed by atoms with Gasteiger partial charge >= 0.3 is 0 Å². The molecule has 0 spiro atoms. The Labute approximate surface area is 152 Å². The van der Waals surface area contributed by atoms with Gasteiger partial charge in [0.15, 0.2) is 0 Å². The number of rotatable bonds is 3. The van der Waals surface area contributed by atoms with E-state index in [1.807, 2.05) is 0 Å². The van der Waals surface area contributed by atoms with Gasteiger partial charge in [-0.1, -0.05) is 12.1 Å². The SMILES string of the molecule is CC(=O)Nc1cc(C)c(S(=O)(=O)N2CCCc3cccc(F)c32)c(C)c1. The topological polar surface area (TPSA) is 66.5 Å². The molecule has 1 amide bonds. The van der Waals surface area contributed by atoms with Gasteiger partial charge in [0.25, 0.3) is 10.0 Å². The highest BCUT2D eigenvalue weighted by Gasteiger charge is 2.33. The quantitative estimate of drug-likeness (QED) is 0.891. The van der Waals surface area contributed by atoms with Crippen LogP contribution in [0.3, 0.4) is 0 Å². The molecule has 2 aromatic rings. The number of para-hydroxylation sites is 1. The molecule has 0 aromatic heterocycles. The second-order valence-electron chi connectivity index (χ2n) is 6.55. The van der Waals surface area contributed by atoms with Crippen LogP contribution in [-0.4, -0.2) is 20.9 Å². The van der Waals surface area contributed by atoms with E-state index in [2.05, 4.69) is 5.32 Å². The van der Waals surface area contributed by atoms with Gasteiger partial charge in [-0.15, -0.1) is 0 Å². The summed E-state index contributed by atoms with van der Waals surface area (Å²) in [6, 6.07) is 7.88. The van der Waals surface area contributed by atoms with Gasteiger partial charge < -0.3 is 5.32 Å². The van der Waals surface area contributed by atoms with E-state index in [-0.39, 0.29) is 23.0 Å². The Bertz CT molecular complexity index is 963. The predicted molar refractivity (Wildman–Crippen MR) is 99.5 cm³/mol. The minimum absolute atomic E-state index is 0.142. The third-order valence-electron chi connectivity index (χ3n) is 4.46. The summed E-state index contributed by atoms with van der Waals surface area (Å²) in [6.45, 7) is 4.99. The first kappa shape index (κ1) is 18.4. The number of carbonyl (C=O) groups is 1. The molecule has 138 valence electrons. The van der Waals surface area contributed by atoms with E-state index >= 15 is 0 Å². The Balaban J connectivity index is 2.12. The molecular weight excluding hydrogens is 355 g/mol. The molecule has 26 heavy (non-hydrogen) atoms. The van der Waals surface area contributed by atoms with Crippen molar-refractivity contribution in [1.29, 1.82) is 0 Å². The van der Waals surface area contributed by atoms with E-state index in [1.165, 1.54) is 17.3 Å². The van der Waals surface area contributed by atoms with Crippen molar-refractivity contribution in [3.8, 4) is 0 Å². The Morgan fingerprint density at radius 3 is 2.46 bits per heavy atom. The predicted octanol–water partition coefficient (Wildman–Crippen LogP) is 3.54. The summed E-state index contributed by atoms with van der Waals surface area (Å²) in [4.78, 5) is 11.4. The summed E-state index contributed by atoms with van der Waals surface area (Å²) in [7, 11) is -3.92. The molecule has 7 heteroatoms. The maximum atomic E-state index is 14.4. The second-order valence-corrected chi connectivity index (χ2v) is 8.35. The van der Waals surface area contributed by atoms with Gasteiger partial charge in [-0.3, -0.25) is 9.10 Å². The van der Waals surface area contributed by atoms with Crippen LogP contribution >= 0.6 is 0 Å². The number of hydrogen-bond acceptors (Lipinski definition) is 3. The van der Waals surface area contributed by atoms with Crippen molar-refractivity contribution in [2.24, 2.45) is 0 Å². The molecule has 0 atom stereocenters. The Morgan fingerprint density at radius 2 is 1.85 bits per heavy atom. The maximum Gasteiger partial charge on any atom is 0.264 e. The summed E-state index contributed by atoms with van der Waals surface area (Å²) in [5, 5.41) is 2.66. The number of sulfonamides is 1. The van der Waals surface area contributed by atoms with Gasteiger partial charge in [0, 0.05) is 19.2 Å². The van der Waals surface area contributed by atoms with Crippen LogP contribution in [0.5, 0.6) is 0 Å². The molecule has 0 saturated carbocycles. The fraction of sp³-hybridized carbons (Fsp3) is 0.316. The standard InChI is InChI=1S/C19H21FN2O3S/c1-12-10-16(21-14(3)23)11-13(2)19(12)26(24,25)22-9-5-7-15-6-4-8-17(20)18(15)22/h4,6,8,10-11H,5,7,9H2,1-3H3,(H,21,23). The Hall–Kier alpha value is -2.41. The lowest BCUT2D eigenvalue weighted by molar-refractivity contribution is -0.114. The summed E-state index contributed by atoms with van der Waals surface area (Å²) >= 11 is 0. The zero-order valence-electron chi connectivity index (χ0n) is 15.0. The van der Waals surface area contributed by atoms with E-state index < -0.39 is 15.8 Å². The molecule has 0 radical (unpaired) electrons. The maximum absolute atomic E-state index is 14.4. The van der Waals surface area contributed by atoms with E-state index in [4.69, 9.17) is 0 Å². The zero-order valence-corrected chi connectivity index (χ0v) is 15.8. The number of carbonyl (C=O) groups excluding carboxylic acids is 1. The summed E-state index contributed by atoms with van der Waals surface area (Å²) < 4.78 is 42.3. The lowest BCUT2D eigenvalue weighted by atomic mass is 10.0. The number of nitrogens with one attached hydrogen (secondary N) is 1. The third kappa shape index (κ3) is 3.19. The van der Waals surface area contributed by atoms with Gasteiger partial charge in [0.05, 0.1) is 10.6 Å². The van der Waals surface area contributed by atoms with Crippen LogP contribution in [0.1, 0.15) is 30.0 Å². The number of benzene rings is 2. The summed E-state index contributed by atoms with van der Waals surface area (Å²) in [5.74, 6) is -0.762. The van der Waals surface area contributed by atoms with Crippen LogP contribution in [0.2, 0.25) is 0 Å². The molecule has 0 bridgehead atoms. The van der Waals surface area contributed by atoms with Crippen molar-refractivity contribution in [3.63, 3.8) is 0 Å². The summed E-state index contributed by atoms with van der Waals surface area (Å²) in [5.41, 5.74) is 2.40. The average molecular weight is 376 g/mol. The number of halogens is 1.